The maximum absolute atomic E-state index is 11.0. The number of ether oxygens (including phenoxy) is 1. The summed E-state index contributed by atoms with van der Waals surface area (Å²) < 4.78 is 26.6. The lowest BCUT2D eigenvalue weighted by molar-refractivity contribution is -0.00164. The third-order valence-electron chi connectivity index (χ3n) is 3.57. The molecule has 1 aliphatic rings. The van der Waals surface area contributed by atoms with E-state index in [2.05, 4.69) is 0 Å². The van der Waals surface area contributed by atoms with Gasteiger partial charge in [0, 0.05) is 14.2 Å². The van der Waals surface area contributed by atoms with Gasteiger partial charge in [-0.2, -0.15) is 0 Å². The molecule has 0 aromatic heterocycles. The Morgan fingerprint density at radius 3 is 2.35 bits per heavy atom. The monoisotopic (exact) mass is 346 g/mol. The molecule has 1 saturated carbocycles. The average Bonchev–Trinajstić information content (AvgIpc) is 2.61. The molecular weight excluding hydrogens is 325 g/mol. The van der Waals surface area contributed by atoms with Crippen LogP contribution < -0.4 is 0 Å². The van der Waals surface area contributed by atoms with Crippen LogP contribution >= 0.6 is 14.3 Å². The zero-order chi connectivity index (χ0) is 15.6. The molecule has 0 radical (unpaired) electrons. The molecule has 0 saturated heterocycles. The number of hydrogen-bond acceptors (Lipinski definition) is 5. The summed E-state index contributed by atoms with van der Waals surface area (Å²) in [5.74, 6) is 0.0193. The second-order valence-corrected chi connectivity index (χ2v) is 9.75. The van der Waals surface area contributed by atoms with Gasteiger partial charge in [-0.1, -0.05) is 0 Å². The van der Waals surface area contributed by atoms with Crippen LogP contribution in [0.2, 0.25) is 5.82 Å². The molecule has 1 aliphatic carbocycles. The van der Waals surface area contributed by atoms with Crippen LogP contribution in [0.25, 0.3) is 0 Å². The highest BCUT2D eigenvalue weighted by atomic mass is 32.5. The zero-order valence-corrected chi connectivity index (χ0v) is 14.3. The van der Waals surface area contributed by atoms with Gasteiger partial charge in [0.05, 0.1) is 18.4 Å². The van der Waals surface area contributed by atoms with E-state index in [4.69, 9.17) is 35.4 Å². The van der Waals surface area contributed by atoms with Crippen molar-refractivity contribution in [2.24, 2.45) is 5.92 Å². The summed E-state index contributed by atoms with van der Waals surface area (Å²) in [6, 6.07) is 0. The molecule has 0 bridgehead atoms. The first kappa shape index (κ1) is 18.8. The highest BCUT2D eigenvalue weighted by Gasteiger charge is 2.44. The number of hydrogen-bond donors (Lipinski definition) is 3. The first-order valence-corrected chi connectivity index (χ1v) is 10.6. The van der Waals surface area contributed by atoms with Gasteiger partial charge < -0.3 is 28.5 Å². The third kappa shape index (κ3) is 5.48. The Balaban J connectivity index is 2.80. The lowest BCUT2D eigenvalue weighted by Crippen LogP contribution is -2.31. The second kappa shape index (κ2) is 7.31. The Hall–Kier alpha value is 0.705. The van der Waals surface area contributed by atoms with Gasteiger partial charge in [-0.25, -0.2) is 0 Å². The maximum Gasteiger partial charge on any atom is 0.325 e. The molecule has 118 valence electrons. The fourth-order valence-corrected chi connectivity index (χ4v) is 4.32. The fraction of sp³-hybridized carbons (Fsp3) is 1.00. The quantitative estimate of drug-likeness (QED) is 0.445. The molecule has 1 fully saturated rings. The van der Waals surface area contributed by atoms with Gasteiger partial charge in [0.2, 0.25) is 0 Å². The molecule has 0 amide bonds. The van der Waals surface area contributed by atoms with E-state index in [1.165, 1.54) is 14.2 Å². The van der Waals surface area contributed by atoms with E-state index in [1.54, 1.807) is 0 Å². The van der Waals surface area contributed by atoms with Crippen LogP contribution in [0.3, 0.4) is 0 Å². The lowest BCUT2D eigenvalue weighted by Gasteiger charge is -2.28. The van der Waals surface area contributed by atoms with Crippen molar-refractivity contribution in [3.05, 3.63) is 0 Å². The predicted molar refractivity (Wildman–Crippen MR) is 81.1 cm³/mol. The number of methoxy groups -OCH3 is 1. The van der Waals surface area contributed by atoms with Crippen LogP contribution in [0.15, 0.2) is 0 Å². The minimum Gasteiger partial charge on any atom is -0.379 e. The standard InChI is InChI=1S/C9H21BO7P2S/c1-15-9-7(10)5-6(3-4-18(11,12)13)8(9)17-19(14,20)16-2/h6-9H,3-5,10H2,1-2H3,(H,14,20)(H2,11,12,13)/t6-,7?,8+,9-,19?/m0/s1. The summed E-state index contributed by atoms with van der Waals surface area (Å²) in [6.45, 7) is -3.34. The van der Waals surface area contributed by atoms with Crippen molar-refractivity contribution >= 4 is 34.0 Å². The van der Waals surface area contributed by atoms with Gasteiger partial charge in [0.1, 0.15) is 7.85 Å². The molecule has 0 spiro atoms. The van der Waals surface area contributed by atoms with Gasteiger partial charge in [0.25, 0.3) is 0 Å². The first-order valence-electron chi connectivity index (χ1n) is 6.24. The lowest BCUT2D eigenvalue weighted by atomic mass is 9.83. The summed E-state index contributed by atoms with van der Waals surface area (Å²) in [5.41, 5.74) is 0. The SMILES string of the molecule is BC1C[C@H](CCP(=O)(O)O)[C@@H](OP(O)(=S)OC)[C@H]1OC. The fourth-order valence-electron chi connectivity index (χ4n) is 2.66. The Labute approximate surface area is 124 Å². The summed E-state index contributed by atoms with van der Waals surface area (Å²) >= 11 is 4.84. The van der Waals surface area contributed by atoms with Crippen molar-refractivity contribution in [2.45, 2.75) is 30.9 Å². The largest absolute Gasteiger partial charge is 0.379 e. The summed E-state index contributed by atoms with van der Waals surface area (Å²) in [6.07, 6.45) is -0.0266. The third-order valence-corrected chi connectivity index (χ3v) is 6.09. The molecule has 1 rings (SSSR count). The number of rotatable bonds is 7. The molecule has 0 aliphatic heterocycles. The van der Waals surface area contributed by atoms with E-state index >= 15 is 0 Å². The van der Waals surface area contributed by atoms with Crippen LogP contribution in [-0.4, -0.2) is 55.1 Å². The minimum absolute atomic E-state index is 0.132. The van der Waals surface area contributed by atoms with Gasteiger partial charge in [0.15, 0.2) is 0 Å². The minimum atomic E-state index is -4.06. The molecule has 0 heterocycles. The Bertz CT molecular complexity index is 417. The molecule has 0 aromatic carbocycles. The Morgan fingerprint density at radius 2 is 1.90 bits per heavy atom. The highest BCUT2D eigenvalue weighted by molar-refractivity contribution is 8.07. The first-order chi connectivity index (χ1) is 9.09. The van der Waals surface area contributed by atoms with Crippen molar-refractivity contribution in [2.75, 3.05) is 20.4 Å². The van der Waals surface area contributed by atoms with E-state index in [0.717, 1.165) is 0 Å². The van der Waals surface area contributed by atoms with Gasteiger partial charge in [-0.15, -0.1) is 0 Å². The molecular formula is C9H21BO7P2S. The predicted octanol–water partition coefficient (Wildman–Crippen LogP) is 0.259. The highest BCUT2D eigenvalue weighted by Crippen LogP contribution is 2.51. The van der Waals surface area contributed by atoms with E-state index in [0.29, 0.717) is 6.42 Å². The second-order valence-electron chi connectivity index (χ2n) is 5.07. The molecule has 2 unspecified atom stereocenters. The van der Waals surface area contributed by atoms with Gasteiger partial charge >= 0.3 is 14.3 Å². The molecule has 20 heavy (non-hydrogen) atoms. The molecule has 0 aromatic rings. The van der Waals surface area contributed by atoms with Crippen LogP contribution in [-0.2, 0) is 30.2 Å². The van der Waals surface area contributed by atoms with Crippen molar-refractivity contribution < 1.29 is 33.0 Å². The van der Waals surface area contributed by atoms with Crippen molar-refractivity contribution in [3.63, 3.8) is 0 Å². The maximum atomic E-state index is 11.0. The van der Waals surface area contributed by atoms with Crippen LogP contribution in [0.5, 0.6) is 0 Å². The summed E-state index contributed by atoms with van der Waals surface area (Å²) in [7, 11) is 0.718. The van der Waals surface area contributed by atoms with Crippen LogP contribution in [0.1, 0.15) is 12.8 Å². The molecule has 3 N–H and O–H groups in total. The van der Waals surface area contributed by atoms with Crippen LogP contribution in [0.4, 0.5) is 0 Å². The van der Waals surface area contributed by atoms with Crippen LogP contribution in [0, 0.1) is 5.92 Å². The molecule has 11 heteroatoms. The normalized spacial score (nSPS) is 34.0. The van der Waals surface area contributed by atoms with Gasteiger partial charge in [-0.3, -0.25) is 4.57 Å². The smallest absolute Gasteiger partial charge is 0.325 e. The van der Waals surface area contributed by atoms with Gasteiger partial charge in [-0.05, 0) is 36.4 Å². The zero-order valence-electron chi connectivity index (χ0n) is 11.7. The van der Waals surface area contributed by atoms with E-state index in [-0.39, 0.29) is 30.4 Å². The van der Waals surface area contributed by atoms with E-state index in [9.17, 15) is 9.46 Å². The molecule has 7 nitrogen and oxygen atoms in total. The van der Waals surface area contributed by atoms with Crippen molar-refractivity contribution in [1.29, 1.82) is 0 Å². The Kier molecular flexibility index (Phi) is 6.86. The topological polar surface area (TPSA) is 105 Å². The van der Waals surface area contributed by atoms with Crippen molar-refractivity contribution in [3.8, 4) is 0 Å². The van der Waals surface area contributed by atoms with E-state index < -0.39 is 20.4 Å². The van der Waals surface area contributed by atoms with Crippen molar-refractivity contribution in [1.82, 2.24) is 0 Å². The van der Waals surface area contributed by atoms with E-state index in [1.807, 2.05) is 7.85 Å². The Morgan fingerprint density at radius 1 is 1.30 bits per heavy atom. The summed E-state index contributed by atoms with van der Waals surface area (Å²) in [4.78, 5) is 27.8. The summed E-state index contributed by atoms with van der Waals surface area (Å²) in [5, 5.41) is 0. The molecule has 5 atom stereocenters. The average molecular weight is 346 g/mol.